The topological polar surface area (TPSA) is 63.8 Å². The number of nitrogens with zero attached hydrogens (tertiary/aromatic N) is 2. The lowest BCUT2D eigenvalue weighted by atomic mass is 9.78. The number of aryl methyl sites for hydroxylation is 2. The molecule has 1 aromatic heterocycles. The van der Waals surface area contributed by atoms with E-state index in [1.165, 1.54) is 6.42 Å². The Kier molecular flexibility index (Phi) is 2.61. The van der Waals surface area contributed by atoms with E-state index in [1.807, 2.05) is 19.9 Å². The molecule has 0 aromatic carbocycles. The molecule has 0 spiro atoms. The molecule has 0 atom stereocenters. The Bertz CT molecular complexity index is 337. The minimum Gasteiger partial charge on any atom is -0.352 e. The van der Waals surface area contributed by atoms with Crippen LogP contribution >= 0.6 is 0 Å². The van der Waals surface area contributed by atoms with Gasteiger partial charge < -0.3 is 11.1 Å². The quantitative estimate of drug-likeness (QED) is 0.784. The molecule has 1 aliphatic rings. The largest absolute Gasteiger partial charge is 0.352 e. The summed E-state index contributed by atoms with van der Waals surface area (Å²) in [6.07, 6.45) is 3.45. The Morgan fingerprint density at radius 2 is 1.93 bits per heavy atom. The first kappa shape index (κ1) is 10.4. The van der Waals surface area contributed by atoms with E-state index in [0.29, 0.717) is 5.95 Å². The summed E-state index contributed by atoms with van der Waals surface area (Å²) < 4.78 is 0. The molecule has 3 N–H and O–H groups in total. The molecule has 1 fully saturated rings. The van der Waals surface area contributed by atoms with Gasteiger partial charge in [0.1, 0.15) is 0 Å². The third kappa shape index (κ3) is 2.45. The van der Waals surface area contributed by atoms with E-state index in [1.54, 1.807) is 0 Å². The van der Waals surface area contributed by atoms with Gasteiger partial charge in [0.15, 0.2) is 0 Å². The molecule has 0 bridgehead atoms. The highest BCUT2D eigenvalue weighted by molar-refractivity contribution is 5.28. The molecule has 4 nitrogen and oxygen atoms in total. The van der Waals surface area contributed by atoms with Crippen LogP contribution in [0.2, 0.25) is 0 Å². The second-order valence-corrected chi connectivity index (χ2v) is 4.54. The van der Waals surface area contributed by atoms with E-state index in [4.69, 9.17) is 5.73 Å². The summed E-state index contributed by atoms with van der Waals surface area (Å²) in [4.78, 5) is 8.64. The fraction of sp³-hybridized carbons (Fsp3) is 0.636. The van der Waals surface area contributed by atoms with E-state index < -0.39 is 0 Å². The van der Waals surface area contributed by atoms with Gasteiger partial charge >= 0.3 is 0 Å². The predicted molar refractivity (Wildman–Crippen MR) is 60.8 cm³/mol. The second-order valence-electron chi connectivity index (χ2n) is 4.54. The monoisotopic (exact) mass is 206 g/mol. The van der Waals surface area contributed by atoms with Crippen LogP contribution in [0.3, 0.4) is 0 Å². The van der Waals surface area contributed by atoms with Crippen LogP contribution in [0, 0.1) is 13.8 Å². The highest BCUT2D eigenvalue weighted by Crippen LogP contribution is 2.28. The maximum atomic E-state index is 6.11. The molecule has 15 heavy (non-hydrogen) atoms. The van der Waals surface area contributed by atoms with Crippen LogP contribution in [0.25, 0.3) is 0 Å². The minimum atomic E-state index is -0.0268. The van der Waals surface area contributed by atoms with Crippen molar-refractivity contribution in [3.8, 4) is 0 Å². The van der Waals surface area contributed by atoms with Crippen molar-refractivity contribution >= 4 is 5.95 Å². The van der Waals surface area contributed by atoms with Crippen molar-refractivity contribution in [2.75, 3.05) is 11.9 Å². The number of anilines is 1. The van der Waals surface area contributed by atoms with Gasteiger partial charge in [0, 0.05) is 23.5 Å². The van der Waals surface area contributed by atoms with Crippen LogP contribution < -0.4 is 11.1 Å². The number of aromatic nitrogens is 2. The minimum absolute atomic E-state index is 0.0268. The van der Waals surface area contributed by atoms with E-state index in [-0.39, 0.29) is 5.54 Å². The van der Waals surface area contributed by atoms with Crippen LogP contribution in [0.5, 0.6) is 0 Å². The molecule has 2 rings (SSSR count). The molecule has 1 aromatic rings. The molecule has 1 heterocycles. The molecular weight excluding hydrogens is 188 g/mol. The third-order valence-corrected chi connectivity index (χ3v) is 2.93. The van der Waals surface area contributed by atoms with Crippen molar-refractivity contribution in [1.29, 1.82) is 0 Å². The Hall–Kier alpha value is -1.16. The lowest BCUT2D eigenvalue weighted by Crippen LogP contribution is -2.52. The van der Waals surface area contributed by atoms with Gasteiger partial charge in [-0.3, -0.25) is 0 Å². The lowest BCUT2D eigenvalue weighted by Gasteiger charge is -2.38. The molecule has 0 saturated heterocycles. The molecule has 82 valence electrons. The molecular formula is C11H18N4. The molecule has 1 saturated carbocycles. The zero-order chi connectivity index (χ0) is 10.9. The standard InChI is InChI=1S/C11H18N4/c1-8-6-9(2)15-10(14-8)13-7-11(12)4-3-5-11/h6H,3-5,7,12H2,1-2H3,(H,13,14,15). The summed E-state index contributed by atoms with van der Waals surface area (Å²) >= 11 is 0. The lowest BCUT2D eigenvalue weighted by molar-refractivity contribution is 0.265. The molecule has 0 unspecified atom stereocenters. The van der Waals surface area contributed by atoms with Gasteiger partial charge in [0.05, 0.1) is 0 Å². The van der Waals surface area contributed by atoms with Gasteiger partial charge in [0.25, 0.3) is 0 Å². The average molecular weight is 206 g/mol. The summed E-state index contributed by atoms with van der Waals surface area (Å²) in [5.74, 6) is 0.698. The molecule has 0 radical (unpaired) electrons. The summed E-state index contributed by atoms with van der Waals surface area (Å²) in [7, 11) is 0. The molecule has 0 aliphatic heterocycles. The second kappa shape index (κ2) is 3.77. The fourth-order valence-electron chi connectivity index (χ4n) is 1.87. The summed E-state index contributed by atoms with van der Waals surface area (Å²) in [5.41, 5.74) is 8.06. The highest BCUT2D eigenvalue weighted by atomic mass is 15.1. The maximum Gasteiger partial charge on any atom is 0.223 e. The van der Waals surface area contributed by atoms with Gasteiger partial charge in [-0.25, -0.2) is 9.97 Å². The number of rotatable bonds is 3. The molecule has 0 amide bonds. The van der Waals surface area contributed by atoms with E-state index in [0.717, 1.165) is 30.8 Å². The molecule has 4 heteroatoms. The maximum absolute atomic E-state index is 6.11. The van der Waals surface area contributed by atoms with Crippen molar-refractivity contribution in [1.82, 2.24) is 9.97 Å². The summed E-state index contributed by atoms with van der Waals surface area (Å²) in [6.45, 7) is 4.72. The third-order valence-electron chi connectivity index (χ3n) is 2.93. The smallest absolute Gasteiger partial charge is 0.223 e. The molecule has 1 aliphatic carbocycles. The van der Waals surface area contributed by atoms with Crippen molar-refractivity contribution in [2.45, 2.75) is 38.6 Å². The number of hydrogen-bond acceptors (Lipinski definition) is 4. The Morgan fingerprint density at radius 1 is 1.33 bits per heavy atom. The van der Waals surface area contributed by atoms with Crippen LogP contribution in [0.4, 0.5) is 5.95 Å². The summed E-state index contributed by atoms with van der Waals surface area (Å²) in [5, 5.41) is 3.22. The van der Waals surface area contributed by atoms with Crippen LogP contribution in [-0.2, 0) is 0 Å². The Morgan fingerprint density at radius 3 is 2.40 bits per heavy atom. The first-order valence-corrected chi connectivity index (χ1v) is 5.42. The van der Waals surface area contributed by atoms with Gasteiger partial charge in [-0.1, -0.05) is 0 Å². The van der Waals surface area contributed by atoms with Crippen LogP contribution in [-0.4, -0.2) is 22.1 Å². The predicted octanol–water partition coefficient (Wildman–Crippen LogP) is 1.39. The average Bonchev–Trinajstić information content (AvgIpc) is 2.10. The van der Waals surface area contributed by atoms with Crippen LogP contribution in [0.15, 0.2) is 6.07 Å². The zero-order valence-corrected chi connectivity index (χ0v) is 9.38. The number of nitrogens with one attached hydrogen (secondary N) is 1. The van der Waals surface area contributed by atoms with Crippen molar-refractivity contribution < 1.29 is 0 Å². The Balaban J connectivity index is 1.98. The van der Waals surface area contributed by atoms with Crippen molar-refractivity contribution in [3.05, 3.63) is 17.5 Å². The number of hydrogen-bond donors (Lipinski definition) is 2. The normalized spacial score (nSPS) is 18.3. The first-order valence-electron chi connectivity index (χ1n) is 5.42. The van der Waals surface area contributed by atoms with Crippen LogP contribution in [0.1, 0.15) is 30.7 Å². The van der Waals surface area contributed by atoms with Crippen molar-refractivity contribution in [2.24, 2.45) is 5.73 Å². The van der Waals surface area contributed by atoms with Crippen molar-refractivity contribution in [3.63, 3.8) is 0 Å². The zero-order valence-electron chi connectivity index (χ0n) is 9.38. The highest BCUT2D eigenvalue weighted by Gasteiger charge is 2.32. The van der Waals surface area contributed by atoms with Gasteiger partial charge in [-0.05, 0) is 39.2 Å². The van der Waals surface area contributed by atoms with E-state index >= 15 is 0 Å². The SMILES string of the molecule is Cc1cc(C)nc(NCC2(N)CCC2)n1. The fourth-order valence-corrected chi connectivity index (χ4v) is 1.87. The van der Waals surface area contributed by atoms with Gasteiger partial charge in [-0.15, -0.1) is 0 Å². The number of nitrogens with two attached hydrogens (primary N) is 1. The first-order chi connectivity index (χ1) is 7.07. The van der Waals surface area contributed by atoms with E-state index in [2.05, 4.69) is 15.3 Å². The Labute approximate surface area is 90.3 Å². The van der Waals surface area contributed by atoms with Gasteiger partial charge in [0.2, 0.25) is 5.95 Å². The van der Waals surface area contributed by atoms with Gasteiger partial charge in [-0.2, -0.15) is 0 Å². The van der Waals surface area contributed by atoms with E-state index in [9.17, 15) is 0 Å². The summed E-state index contributed by atoms with van der Waals surface area (Å²) in [6, 6.07) is 1.97.